The maximum absolute atomic E-state index is 12.9. The van der Waals surface area contributed by atoms with Gasteiger partial charge in [-0.1, -0.05) is 11.6 Å². The fourth-order valence-electron chi connectivity index (χ4n) is 5.47. The van der Waals surface area contributed by atoms with Crippen LogP contribution in [0.4, 0.5) is 0 Å². The van der Waals surface area contributed by atoms with Crippen molar-refractivity contribution in [3.63, 3.8) is 0 Å². The van der Waals surface area contributed by atoms with Crippen LogP contribution in [0, 0.1) is 23.2 Å². The van der Waals surface area contributed by atoms with Crippen LogP contribution in [0.1, 0.15) is 38.5 Å². The number of carbonyl (C=O) groups excluding carboxylic acids is 1. The van der Waals surface area contributed by atoms with Gasteiger partial charge in [0.2, 0.25) is 0 Å². The lowest BCUT2D eigenvalue weighted by Gasteiger charge is -2.54. The molecule has 4 nitrogen and oxygen atoms in total. The third-order valence-electron chi connectivity index (χ3n) is 5.98. The Bertz CT molecular complexity index is 761. The average molecular weight is 332 g/mol. The summed E-state index contributed by atoms with van der Waals surface area (Å²) in [7, 11) is 0. The van der Waals surface area contributed by atoms with Crippen LogP contribution in [0.15, 0.2) is 22.6 Å². The summed E-state index contributed by atoms with van der Waals surface area (Å²) in [5.41, 5.74) is 0.904. The molecule has 1 aromatic heterocycles. The van der Waals surface area contributed by atoms with Gasteiger partial charge in [-0.25, -0.2) is 0 Å². The number of carbonyl (C=O) groups is 1. The lowest BCUT2D eigenvalue weighted by Crippen LogP contribution is -2.51. The molecular formula is C18H18ClNO3. The van der Waals surface area contributed by atoms with E-state index in [4.69, 9.17) is 20.8 Å². The van der Waals surface area contributed by atoms with Crippen LogP contribution in [0.2, 0.25) is 5.02 Å². The molecule has 0 atom stereocenters. The standard InChI is InChI=1S/C18H18ClNO3/c19-13-1-2-15-14(6-13)20-17(22-15)23-16(21)18-7-10-3-11(8-18)5-12(4-10)9-18/h1-2,6,10-12H,3-5,7-9H2. The summed E-state index contributed by atoms with van der Waals surface area (Å²) in [5, 5.41) is 0.588. The van der Waals surface area contributed by atoms with E-state index in [-0.39, 0.29) is 17.5 Å². The molecule has 0 N–H and O–H groups in total. The first-order chi connectivity index (χ1) is 11.1. The first-order valence-electron chi connectivity index (χ1n) is 8.38. The lowest BCUT2D eigenvalue weighted by atomic mass is 9.49. The molecular weight excluding hydrogens is 314 g/mol. The molecule has 1 heterocycles. The molecule has 4 bridgehead atoms. The van der Waals surface area contributed by atoms with Crippen LogP contribution < -0.4 is 4.74 Å². The van der Waals surface area contributed by atoms with Gasteiger partial charge in [0.25, 0.3) is 0 Å². The van der Waals surface area contributed by atoms with Gasteiger partial charge in [0.15, 0.2) is 5.58 Å². The smallest absolute Gasteiger partial charge is 0.402 e. The topological polar surface area (TPSA) is 52.3 Å². The number of fused-ring (bicyclic) bond motifs is 1. The average Bonchev–Trinajstić information content (AvgIpc) is 2.87. The van der Waals surface area contributed by atoms with Crippen LogP contribution in [0.3, 0.4) is 0 Å². The van der Waals surface area contributed by atoms with E-state index in [0.717, 1.165) is 19.3 Å². The Labute approximate surface area is 139 Å². The number of halogens is 1. The minimum absolute atomic E-state index is 0.0445. The van der Waals surface area contributed by atoms with Crippen molar-refractivity contribution in [2.75, 3.05) is 0 Å². The second-order valence-electron chi connectivity index (χ2n) is 7.68. The number of hydrogen-bond donors (Lipinski definition) is 0. The minimum atomic E-state index is -0.299. The summed E-state index contributed by atoms with van der Waals surface area (Å²) in [5.74, 6) is 1.97. The molecule has 4 aliphatic carbocycles. The third-order valence-corrected chi connectivity index (χ3v) is 6.22. The van der Waals surface area contributed by atoms with Crippen LogP contribution >= 0.6 is 11.6 Å². The highest BCUT2D eigenvalue weighted by molar-refractivity contribution is 6.31. The SMILES string of the molecule is O=C(Oc1nc2cc(Cl)ccc2o1)C12CC3CC(CC(C3)C1)C2. The molecule has 0 spiro atoms. The lowest BCUT2D eigenvalue weighted by molar-refractivity contribution is -0.163. The van der Waals surface area contributed by atoms with Gasteiger partial charge in [-0.05, 0) is 74.5 Å². The van der Waals surface area contributed by atoms with Crippen molar-refractivity contribution in [3.05, 3.63) is 23.2 Å². The molecule has 0 unspecified atom stereocenters. The molecule has 5 heteroatoms. The first kappa shape index (κ1) is 13.8. The third kappa shape index (κ3) is 2.18. The van der Waals surface area contributed by atoms with Crippen LogP contribution in [-0.2, 0) is 4.79 Å². The summed E-state index contributed by atoms with van der Waals surface area (Å²) in [6.07, 6.45) is 6.87. The zero-order valence-electron chi connectivity index (χ0n) is 12.8. The van der Waals surface area contributed by atoms with Gasteiger partial charge in [-0.2, -0.15) is 4.98 Å². The molecule has 0 radical (unpaired) electrons. The van der Waals surface area contributed by atoms with Gasteiger partial charge < -0.3 is 9.15 Å². The molecule has 4 fully saturated rings. The Morgan fingerprint density at radius 2 is 1.83 bits per heavy atom. The molecule has 4 saturated carbocycles. The number of rotatable bonds is 2. The Morgan fingerprint density at radius 1 is 1.17 bits per heavy atom. The number of oxazole rings is 1. The Kier molecular flexibility index (Phi) is 2.85. The second kappa shape index (κ2) is 4.73. The Morgan fingerprint density at radius 3 is 2.48 bits per heavy atom. The molecule has 120 valence electrons. The maximum atomic E-state index is 12.9. The highest BCUT2D eigenvalue weighted by Gasteiger charge is 2.55. The monoisotopic (exact) mass is 331 g/mol. The Balaban J connectivity index is 1.42. The first-order valence-corrected chi connectivity index (χ1v) is 8.76. The predicted octanol–water partition coefficient (Wildman–Crippen LogP) is 4.60. The fourth-order valence-corrected chi connectivity index (χ4v) is 5.64. The molecule has 23 heavy (non-hydrogen) atoms. The van der Waals surface area contributed by atoms with Crippen LogP contribution in [0.25, 0.3) is 11.1 Å². The van der Waals surface area contributed by atoms with E-state index >= 15 is 0 Å². The van der Waals surface area contributed by atoms with E-state index in [9.17, 15) is 4.79 Å². The highest BCUT2D eigenvalue weighted by Crippen LogP contribution is 2.60. The van der Waals surface area contributed by atoms with Crippen LogP contribution in [-0.4, -0.2) is 11.0 Å². The van der Waals surface area contributed by atoms with Gasteiger partial charge in [-0.3, -0.25) is 4.79 Å². The number of hydrogen-bond acceptors (Lipinski definition) is 4. The van der Waals surface area contributed by atoms with Crippen molar-refractivity contribution in [1.82, 2.24) is 4.98 Å². The van der Waals surface area contributed by atoms with E-state index in [0.29, 0.717) is 33.9 Å². The highest BCUT2D eigenvalue weighted by atomic mass is 35.5. The molecule has 0 amide bonds. The summed E-state index contributed by atoms with van der Waals surface area (Å²) in [6.45, 7) is 0. The van der Waals surface area contributed by atoms with Crippen molar-refractivity contribution in [2.45, 2.75) is 38.5 Å². The van der Waals surface area contributed by atoms with Gasteiger partial charge in [0.05, 0.1) is 5.41 Å². The van der Waals surface area contributed by atoms with Gasteiger partial charge in [-0.15, -0.1) is 0 Å². The maximum Gasteiger partial charge on any atom is 0.402 e. The van der Waals surface area contributed by atoms with E-state index in [1.807, 2.05) is 0 Å². The Hall–Kier alpha value is -1.55. The van der Waals surface area contributed by atoms with E-state index in [2.05, 4.69) is 4.98 Å². The summed E-state index contributed by atoms with van der Waals surface area (Å²) >= 11 is 5.96. The van der Waals surface area contributed by atoms with E-state index in [1.165, 1.54) is 19.3 Å². The normalized spacial score (nSPS) is 34.9. The molecule has 2 aromatic rings. The zero-order chi connectivity index (χ0) is 15.6. The molecule has 6 rings (SSSR count). The number of nitrogens with zero attached hydrogens (tertiary/aromatic N) is 1. The van der Waals surface area contributed by atoms with Crippen molar-refractivity contribution in [2.24, 2.45) is 23.2 Å². The number of aromatic nitrogens is 1. The molecule has 0 saturated heterocycles. The fraction of sp³-hybridized carbons (Fsp3) is 0.556. The van der Waals surface area contributed by atoms with Gasteiger partial charge in [0, 0.05) is 5.02 Å². The number of benzene rings is 1. The number of ether oxygens (including phenoxy) is 1. The van der Waals surface area contributed by atoms with Gasteiger partial charge in [0.1, 0.15) is 5.52 Å². The summed E-state index contributed by atoms with van der Waals surface area (Å²) in [4.78, 5) is 17.1. The minimum Gasteiger partial charge on any atom is -0.409 e. The molecule has 4 aliphatic rings. The van der Waals surface area contributed by atoms with Crippen molar-refractivity contribution in [3.8, 4) is 6.08 Å². The van der Waals surface area contributed by atoms with Gasteiger partial charge >= 0.3 is 12.0 Å². The van der Waals surface area contributed by atoms with E-state index in [1.54, 1.807) is 18.2 Å². The molecule has 1 aromatic carbocycles. The zero-order valence-corrected chi connectivity index (χ0v) is 13.5. The second-order valence-corrected chi connectivity index (χ2v) is 8.12. The van der Waals surface area contributed by atoms with Crippen molar-refractivity contribution >= 4 is 28.7 Å². The summed E-state index contributed by atoms with van der Waals surface area (Å²) in [6, 6.07) is 5.19. The quantitative estimate of drug-likeness (QED) is 0.754. The van der Waals surface area contributed by atoms with Crippen molar-refractivity contribution in [1.29, 1.82) is 0 Å². The number of esters is 1. The van der Waals surface area contributed by atoms with E-state index < -0.39 is 0 Å². The van der Waals surface area contributed by atoms with Crippen LogP contribution in [0.5, 0.6) is 6.08 Å². The predicted molar refractivity (Wildman–Crippen MR) is 85.3 cm³/mol. The largest absolute Gasteiger partial charge is 0.409 e. The van der Waals surface area contributed by atoms with Crippen molar-refractivity contribution < 1.29 is 13.9 Å². The summed E-state index contributed by atoms with van der Waals surface area (Å²) < 4.78 is 11.1. The molecule has 0 aliphatic heterocycles.